The first-order chi connectivity index (χ1) is 12.8. The Hall–Kier alpha value is -3.09. The minimum atomic E-state index is -4.54. The van der Waals surface area contributed by atoms with Gasteiger partial charge in [-0.15, -0.1) is 0 Å². The zero-order chi connectivity index (χ0) is 19.6. The third-order valence-corrected chi connectivity index (χ3v) is 3.93. The molecule has 0 aliphatic rings. The van der Waals surface area contributed by atoms with Gasteiger partial charge in [-0.05, 0) is 37.6 Å². The molecular formula is C20H16F3NO3. The Morgan fingerprint density at radius 2 is 2.04 bits per heavy atom. The Morgan fingerprint density at radius 1 is 1.26 bits per heavy atom. The van der Waals surface area contributed by atoms with Gasteiger partial charge >= 0.3 is 12.1 Å². The predicted molar refractivity (Wildman–Crippen MR) is 95.1 cm³/mol. The summed E-state index contributed by atoms with van der Waals surface area (Å²) in [6.45, 7) is 3.59. The monoisotopic (exact) mass is 375 g/mol. The minimum Gasteiger partial charge on any atom is -0.462 e. The van der Waals surface area contributed by atoms with Gasteiger partial charge in [0, 0.05) is 17.1 Å². The number of ether oxygens (including phenoxy) is 1. The molecule has 0 unspecified atom stereocenters. The second kappa shape index (κ2) is 7.26. The second-order valence-corrected chi connectivity index (χ2v) is 5.78. The lowest BCUT2D eigenvalue weighted by atomic mass is 10.1. The number of halogens is 3. The number of alkyl halides is 3. The van der Waals surface area contributed by atoms with Gasteiger partial charge in [0.05, 0.1) is 6.61 Å². The van der Waals surface area contributed by atoms with Crippen molar-refractivity contribution in [2.24, 2.45) is 0 Å². The highest BCUT2D eigenvalue weighted by atomic mass is 19.4. The van der Waals surface area contributed by atoms with E-state index < -0.39 is 17.8 Å². The van der Waals surface area contributed by atoms with Gasteiger partial charge in [0.15, 0.2) is 5.69 Å². The van der Waals surface area contributed by atoms with Gasteiger partial charge < -0.3 is 9.15 Å². The fraction of sp³-hybridized carbons (Fsp3) is 0.200. The average Bonchev–Trinajstić information content (AvgIpc) is 2.94. The first-order valence-corrected chi connectivity index (χ1v) is 8.22. The van der Waals surface area contributed by atoms with Crippen LogP contribution >= 0.6 is 0 Å². The van der Waals surface area contributed by atoms with Crippen molar-refractivity contribution in [1.29, 1.82) is 0 Å². The minimum absolute atomic E-state index is 0.0425. The topological polar surface area (TPSA) is 52.3 Å². The number of carbonyl (C=O) groups is 1. The third kappa shape index (κ3) is 3.86. The average molecular weight is 375 g/mol. The van der Waals surface area contributed by atoms with Crippen molar-refractivity contribution in [1.82, 2.24) is 4.98 Å². The van der Waals surface area contributed by atoms with Crippen molar-refractivity contribution in [3.05, 3.63) is 64.7 Å². The maximum atomic E-state index is 13.0. The van der Waals surface area contributed by atoms with Crippen molar-refractivity contribution in [3.8, 4) is 0 Å². The smallest absolute Gasteiger partial charge is 0.433 e. The molecule has 1 aromatic carbocycles. The van der Waals surface area contributed by atoms with E-state index in [9.17, 15) is 18.0 Å². The summed E-state index contributed by atoms with van der Waals surface area (Å²) in [6, 6.07) is 7.82. The number of esters is 1. The highest BCUT2D eigenvalue weighted by molar-refractivity contribution is 6.05. The number of carbonyl (C=O) groups excluding carboxylic acids is 1. The molecule has 3 aromatic rings. The number of rotatable bonds is 4. The molecule has 0 saturated carbocycles. The van der Waals surface area contributed by atoms with E-state index in [2.05, 4.69) is 4.98 Å². The van der Waals surface area contributed by atoms with Crippen LogP contribution in [0.2, 0.25) is 0 Å². The largest absolute Gasteiger partial charge is 0.462 e. The summed E-state index contributed by atoms with van der Waals surface area (Å²) in [7, 11) is 0. The lowest BCUT2D eigenvalue weighted by Crippen LogP contribution is -2.09. The van der Waals surface area contributed by atoms with Crippen molar-refractivity contribution < 1.29 is 27.1 Å². The first kappa shape index (κ1) is 18.7. The molecule has 0 aliphatic carbocycles. The molecule has 0 N–H and O–H groups in total. The van der Waals surface area contributed by atoms with E-state index in [1.165, 1.54) is 24.3 Å². The molecular weight excluding hydrogens is 359 g/mol. The second-order valence-electron chi connectivity index (χ2n) is 5.78. The number of hydrogen-bond acceptors (Lipinski definition) is 4. The zero-order valence-corrected chi connectivity index (χ0v) is 14.6. The van der Waals surface area contributed by atoms with Crippen molar-refractivity contribution in [2.45, 2.75) is 20.0 Å². The fourth-order valence-electron chi connectivity index (χ4n) is 2.77. The molecule has 0 aliphatic heterocycles. The Balaban J connectivity index is 2.01. The van der Waals surface area contributed by atoms with Crippen LogP contribution in [0, 0.1) is 6.92 Å². The number of fused-ring (bicyclic) bond motifs is 1. The number of aryl methyl sites for hydroxylation is 1. The Morgan fingerprint density at radius 3 is 2.74 bits per heavy atom. The summed E-state index contributed by atoms with van der Waals surface area (Å²) >= 11 is 0. The molecule has 4 nitrogen and oxygen atoms in total. The summed E-state index contributed by atoms with van der Waals surface area (Å²) in [5.74, 6) is -0.0716. The molecule has 0 amide bonds. The number of hydrogen-bond donors (Lipinski definition) is 0. The van der Waals surface area contributed by atoms with Gasteiger partial charge in [-0.25, -0.2) is 4.79 Å². The molecule has 7 heteroatoms. The van der Waals surface area contributed by atoms with Gasteiger partial charge in [-0.1, -0.05) is 24.3 Å². The van der Waals surface area contributed by atoms with E-state index in [1.807, 2.05) is 0 Å². The normalized spacial score (nSPS) is 12.0. The number of pyridine rings is 1. The summed E-state index contributed by atoms with van der Waals surface area (Å²) in [6.07, 6.45) is -0.563. The van der Waals surface area contributed by atoms with Gasteiger partial charge in [0.1, 0.15) is 16.9 Å². The third-order valence-electron chi connectivity index (χ3n) is 3.93. The predicted octanol–water partition coefficient (Wildman–Crippen LogP) is 5.50. The van der Waals surface area contributed by atoms with Gasteiger partial charge in [-0.3, -0.25) is 4.98 Å². The Kier molecular flexibility index (Phi) is 5.03. The molecule has 0 bridgehead atoms. The maximum Gasteiger partial charge on any atom is 0.433 e. The molecule has 0 atom stereocenters. The van der Waals surface area contributed by atoms with Crippen LogP contribution in [0.4, 0.5) is 13.2 Å². The molecule has 140 valence electrons. The van der Waals surface area contributed by atoms with E-state index in [0.29, 0.717) is 27.9 Å². The highest BCUT2D eigenvalue weighted by Gasteiger charge is 2.34. The maximum absolute atomic E-state index is 13.0. The Labute approximate surface area is 153 Å². The van der Waals surface area contributed by atoms with E-state index in [4.69, 9.17) is 9.15 Å². The molecule has 0 radical (unpaired) electrons. The van der Waals surface area contributed by atoms with E-state index >= 15 is 0 Å². The van der Waals surface area contributed by atoms with Gasteiger partial charge in [-0.2, -0.15) is 13.2 Å². The van der Waals surface area contributed by atoms with E-state index in [1.54, 1.807) is 32.0 Å². The highest BCUT2D eigenvalue weighted by Crippen LogP contribution is 2.31. The Bertz CT molecular complexity index is 1020. The SMILES string of the molecule is CCOC(=O)c1c(C)oc2ccc(/C=C/c3cccnc3C(F)(F)F)cc12. The summed E-state index contributed by atoms with van der Waals surface area (Å²) in [5.41, 5.74) is 0.447. The quantitative estimate of drug-likeness (QED) is 0.565. The van der Waals surface area contributed by atoms with Crippen LogP contribution in [-0.2, 0) is 10.9 Å². The summed E-state index contributed by atoms with van der Waals surface area (Å²) in [4.78, 5) is 15.6. The first-order valence-electron chi connectivity index (χ1n) is 8.22. The summed E-state index contributed by atoms with van der Waals surface area (Å²) in [5, 5.41) is 0.551. The van der Waals surface area contributed by atoms with Crippen LogP contribution < -0.4 is 0 Å². The lowest BCUT2D eigenvalue weighted by molar-refractivity contribution is -0.141. The van der Waals surface area contributed by atoms with E-state index in [-0.39, 0.29) is 12.2 Å². The lowest BCUT2D eigenvalue weighted by Gasteiger charge is -2.08. The number of aromatic nitrogens is 1. The summed E-state index contributed by atoms with van der Waals surface area (Å²) < 4.78 is 49.7. The van der Waals surface area contributed by atoms with Crippen LogP contribution in [-0.4, -0.2) is 17.6 Å². The molecule has 0 spiro atoms. The van der Waals surface area contributed by atoms with Crippen LogP contribution in [0.25, 0.3) is 23.1 Å². The van der Waals surface area contributed by atoms with Crippen LogP contribution in [0.3, 0.4) is 0 Å². The molecule has 0 fully saturated rings. The molecule has 3 rings (SSSR count). The molecule has 2 heterocycles. The van der Waals surface area contributed by atoms with Crippen LogP contribution in [0.5, 0.6) is 0 Å². The molecule has 2 aromatic heterocycles. The van der Waals surface area contributed by atoms with Crippen molar-refractivity contribution >= 4 is 29.1 Å². The molecule has 0 saturated heterocycles. The van der Waals surface area contributed by atoms with Crippen LogP contribution in [0.15, 0.2) is 40.9 Å². The van der Waals surface area contributed by atoms with Crippen LogP contribution in [0.1, 0.15) is 39.9 Å². The molecule has 27 heavy (non-hydrogen) atoms. The number of benzene rings is 1. The number of furan rings is 1. The number of nitrogens with zero attached hydrogens (tertiary/aromatic N) is 1. The van der Waals surface area contributed by atoms with Crippen molar-refractivity contribution in [3.63, 3.8) is 0 Å². The zero-order valence-electron chi connectivity index (χ0n) is 14.6. The van der Waals surface area contributed by atoms with Crippen molar-refractivity contribution in [2.75, 3.05) is 6.61 Å². The standard InChI is InChI=1S/C20H16F3NO3/c1-3-26-19(25)17-12(2)27-16-9-7-13(11-15(16)17)6-8-14-5-4-10-24-18(14)20(21,22)23/h4-11H,3H2,1-2H3/b8-6+. The van der Waals surface area contributed by atoms with Gasteiger partial charge in [0.25, 0.3) is 0 Å². The van der Waals surface area contributed by atoms with Gasteiger partial charge in [0.2, 0.25) is 0 Å². The van der Waals surface area contributed by atoms with E-state index in [0.717, 1.165) is 6.20 Å². The fourth-order valence-corrected chi connectivity index (χ4v) is 2.77.